The highest BCUT2D eigenvalue weighted by Gasteiger charge is 2.08. The SMILES string of the molecule is Cc1ccc(S)cc1C(=O)NCCn1cccn1. The van der Waals surface area contributed by atoms with Crippen LogP contribution >= 0.6 is 12.6 Å². The van der Waals surface area contributed by atoms with Crippen LogP contribution in [0.3, 0.4) is 0 Å². The second-order valence-electron chi connectivity index (χ2n) is 4.02. The predicted octanol–water partition coefficient (Wildman–Crippen LogP) is 1.91. The van der Waals surface area contributed by atoms with Crippen molar-refractivity contribution in [1.29, 1.82) is 0 Å². The van der Waals surface area contributed by atoms with Gasteiger partial charge >= 0.3 is 0 Å². The first-order valence-electron chi connectivity index (χ1n) is 5.72. The van der Waals surface area contributed by atoms with Crippen LogP contribution in [0.1, 0.15) is 15.9 Å². The molecule has 0 aliphatic heterocycles. The first kappa shape index (κ1) is 12.7. The Hall–Kier alpha value is -1.75. The van der Waals surface area contributed by atoms with Gasteiger partial charge in [-0.1, -0.05) is 6.07 Å². The molecular formula is C13H15N3OS. The van der Waals surface area contributed by atoms with E-state index in [1.807, 2.05) is 31.3 Å². The zero-order valence-electron chi connectivity index (χ0n) is 10.1. The van der Waals surface area contributed by atoms with E-state index < -0.39 is 0 Å². The summed E-state index contributed by atoms with van der Waals surface area (Å²) in [5, 5.41) is 6.94. The number of benzene rings is 1. The number of nitrogens with one attached hydrogen (secondary N) is 1. The Morgan fingerprint density at radius 1 is 1.50 bits per heavy atom. The number of nitrogens with zero attached hydrogens (tertiary/aromatic N) is 2. The van der Waals surface area contributed by atoms with Crippen LogP contribution in [0.15, 0.2) is 41.6 Å². The Morgan fingerprint density at radius 2 is 2.33 bits per heavy atom. The van der Waals surface area contributed by atoms with Gasteiger partial charge < -0.3 is 5.32 Å². The number of hydrogen-bond donors (Lipinski definition) is 2. The maximum atomic E-state index is 12.0. The van der Waals surface area contributed by atoms with Crippen LogP contribution in [0.5, 0.6) is 0 Å². The number of aromatic nitrogens is 2. The second-order valence-corrected chi connectivity index (χ2v) is 4.54. The van der Waals surface area contributed by atoms with Crippen molar-refractivity contribution in [3.63, 3.8) is 0 Å². The number of hydrogen-bond acceptors (Lipinski definition) is 3. The van der Waals surface area contributed by atoms with Gasteiger partial charge in [0.1, 0.15) is 0 Å². The summed E-state index contributed by atoms with van der Waals surface area (Å²) in [6, 6.07) is 7.40. The van der Waals surface area contributed by atoms with Crippen LogP contribution < -0.4 is 5.32 Å². The minimum Gasteiger partial charge on any atom is -0.350 e. The van der Waals surface area contributed by atoms with Crippen molar-refractivity contribution < 1.29 is 4.79 Å². The smallest absolute Gasteiger partial charge is 0.251 e. The van der Waals surface area contributed by atoms with Crippen molar-refractivity contribution in [3.8, 4) is 0 Å². The average Bonchev–Trinajstić information content (AvgIpc) is 2.85. The van der Waals surface area contributed by atoms with Crippen molar-refractivity contribution in [2.45, 2.75) is 18.4 Å². The molecule has 0 fully saturated rings. The van der Waals surface area contributed by atoms with E-state index in [9.17, 15) is 4.79 Å². The van der Waals surface area contributed by atoms with Crippen molar-refractivity contribution >= 4 is 18.5 Å². The van der Waals surface area contributed by atoms with E-state index >= 15 is 0 Å². The summed E-state index contributed by atoms with van der Waals surface area (Å²) in [4.78, 5) is 12.8. The molecule has 0 unspecified atom stereocenters. The van der Waals surface area contributed by atoms with Gasteiger partial charge in [0.15, 0.2) is 0 Å². The fraction of sp³-hybridized carbons (Fsp3) is 0.231. The van der Waals surface area contributed by atoms with Gasteiger partial charge in [0.05, 0.1) is 6.54 Å². The minimum atomic E-state index is -0.0736. The molecule has 1 aromatic heterocycles. The van der Waals surface area contributed by atoms with Gasteiger partial charge in [-0.3, -0.25) is 9.48 Å². The standard InChI is InChI=1S/C13H15N3OS/c1-10-3-4-11(18)9-12(10)13(17)14-6-8-16-7-2-5-15-16/h2-5,7,9,18H,6,8H2,1H3,(H,14,17). The van der Waals surface area contributed by atoms with Crippen molar-refractivity contribution in [1.82, 2.24) is 15.1 Å². The highest BCUT2D eigenvalue weighted by Crippen LogP contribution is 2.13. The normalized spacial score (nSPS) is 10.3. The van der Waals surface area contributed by atoms with Gasteiger partial charge in [0, 0.05) is 29.4 Å². The van der Waals surface area contributed by atoms with Gasteiger partial charge in [0.25, 0.3) is 5.91 Å². The number of amides is 1. The molecule has 1 aromatic carbocycles. The average molecular weight is 261 g/mol. The number of aryl methyl sites for hydroxylation is 1. The summed E-state index contributed by atoms with van der Waals surface area (Å²) in [7, 11) is 0. The number of carbonyl (C=O) groups excluding carboxylic acids is 1. The first-order chi connectivity index (χ1) is 8.66. The molecular weight excluding hydrogens is 246 g/mol. The molecule has 0 saturated heterocycles. The fourth-order valence-electron chi connectivity index (χ4n) is 1.67. The molecule has 4 nitrogen and oxygen atoms in total. The van der Waals surface area contributed by atoms with Crippen LogP contribution in [-0.4, -0.2) is 22.2 Å². The quantitative estimate of drug-likeness (QED) is 0.826. The van der Waals surface area contributed by atoms with Crippen LogP contribution in [0.4, 0.5) is 0 Å². The van der Waals surface area contributed by atoms with Crippen LogP contribution in [0, 0.1) is 6.92 Å². The highest BCUT2D eigenvalue weighted by molar-refractivity contribution is 7.80. The Kier molecular flexibility index (Phi) is 4.04. The third kappa shape index (κ3) is 3.13. The summed E-state index contributed by atoms with van der Waals surface area (Å²) >= 11 is 4.24. The lowest BCUT2D eigenvalue weighted by Crippen LogP contribution is -2.27. The number of thiol groups is 1. The molecule has 0 aliphatic carbocycles. The zero-order valence-corrected chi connectivity index (χ0v) is 11.0. The molecule has 94 valence electrons. The van der Waals surface area contributed by atoms with Crippen molar-refractivity contribution in [3.05, 3.63) is 47.8 Å². The highest BCUT2D eigenvalue weighted by atomic mass is 32.1. The summed E-state index contributed by atoms with van der Waals surface area (Å²) in [6.45, 7) is 3.13. The topological polar surface area (TPSA) is 46.9 Å². The molecule has 0 spiro atoms. The van der Waals surface area contributed by atoms with Gasteiger partial charge in [-0.05, 0) is 30.7 Å². The third-order valence-electron chi connectivity index (χ3n) is 2.65. The molecule has 2 aromatic rings. The fourth-order valence-corrected chi connectivity index (χ4v) is 1.87. The van der Waals surface area contributed by atoms with Crippen molar-refractivity contribution in [2.75, 3.05) is 6.54 Å². The van der Waals surface area contributed by atoms with E-state index in [0.29, 0.717) is 18.7 Å². The van der Waals surface area contributed by atoms with E-state index in [1.54, 1.807) is 16.9 Å². The van der Waals surface area contributed by atoms with Crippen LogP contribution in [0.2, 0.25) is 0 Å². The summed E-state index contributed by atoms with van der Waals surface area (Å²) < 4.78 is 1.78. The van der Waals surface area contributed by atoms with E-state index in [1.165, 1.54) is 0 Å². The molecule has 1 heterocycles. The molecule has 18 heavy (non-hydrogen) atoms. The van der Waals surface area contributed by atoms with Crippen LogP contribution in [-0.2, 0) is 6.54 Å². The molecule has 0 saturated carbocycles. The number of carbonyl (C=O) groups is 1. The molecule has 0 atom stereocenters. The lowest BCUT2D eigenvalue weighted by Gasteiger charge is -2.08. The lowest BCUT2D eigenvalue weighted by molar-refractivity contribution is 0.0951. The molecule has 0 aliphatic rings. The zero-order chi connectivity index (χ0) is 13.0. The first-order valence-corrected chi connectivity index (χ1v) is 6.17. The largest absolute Gasteiger partial charge is 0.350 e. The lowest BCUT2D eigenvalue weighted by atomic mass is 10.1. The molecule has 1 amide bonds. The van der Waals surface area contributed by atoms with Gasteiger partial charge in [-0.25, -0.2) is 0 Å². The Balaban J connectivity index is 1.93. The predicted molar refractivity (Wildman–Crippen MR) is 73.0 cm³/mol. The summed E-state index contributed by atoms with van der Waals surface area (Å²) in [5.41, 5.74) is 1.62. The molecule has 0 bridgehead atoms. The summed E-state index contributed by atoms with van der Waals surface area (Å²) in [6.07, 6.45) is 3.59. The van der Waals surface area contributed by atoms with Gasteiger partial charge in [-0.2, -0.15) is 5.10 Å². The second kappa shape index (κ2) is 5.73. The number of rotatable bonds is 4. The molecule has 2 rings (SSSR count). The van der Waals surface area contributed by atoms with Crippen LogP contribution in [0.25, 0.3) is 0 Å². The van der Waals surface area contributed by atoms with E-state index in [2.05, 4.69) is 23.0 Å². The Morgan fingerprint density at radius 3 is 3.06 bits per heavy atom. The van der Waals surface area contributed by atoms with Crippen molar-refractivity contribution in [2.24, 2.45) is 0 Å². The molecule has 0 radical (unpaired) electrons. The van der Waals surface area contributed by atoms with E-state index in [4.69, 9.17) is 0 Å². The van der Waals surface area contributed by atoms with Gasteiger partial charge in [0.2, 0.25) is 0 Å². The Bertz CT molecular complexity index is 537. The maximum absolute atomic E-state index is 12.0. The molecule has 5 heteroatoms. The maximum Gasteiger partial charge on any atom is 0.251 e. The monoisotopic (exact) mass is 261 g/mol. The minimum absolute atomic E-state index is 0.0736. The summed E-state index contributed by atoms with van der Waals surface area (Å²) in [5.74, 6) is -0.0736. The Labute approximate surface area is 111 Å². The van der Waals surface area contributed by atoms with E-state index in [0.717, 1.165) is 10.5 Å². The van der Waals surface area contributed by atoms with E-state index in [-0.39, 0.29) is 5.91 Å². The molecule has 1 N–H and O–H groups in total. The third-order valence-corrected chi connectivity index (χ3v) is 2.93. The van der Waals surface area contributed by atoms with Gasteiger partial charge in [-0.15, -0.1) is 12.6 Å².